The summed E-state index contributed by atoms with van der Waals surface area (Å²) in [7, 11) is 0. The van der Waals surface area contributed by atoms with Gasteiger partial charge in [-0.3, -0.25) is 0 Å². The van der Waals surface area contributed by atoms with E-state index in [1.165, 1.54) is 0 Å². The summed E-state index contributed by atoms with van der Waals surface area (Å²) in [5.74, 6) is 0.861. The van der Waals surface area contributed by atoms with Crippen molar-refractivity contribution in [3.05, 3.63) is 72.3 Å². The van der Waals surface area contributed by atoms with Crippen LogP contribution >= 0.6 is 0 Å². The molecule has 2 aromatic carbocycles. The van der Waals surface area contributed by atoms with Gasteiger partial charge < -0.3 is 14.2 Å². The number of nitrogens with zero attached hydrogens (tertiary/aromatic N) is 2. The van der Waals surface area contributed by atoms with Gasteiger partial charge in [0.2, 0.25) is 0 Å². The summed E-state index contributed by atoms with van der Waals surface area (Å²) < 4.78 is 15.9. The molecule has 0 bridgehead atoms. The van der Waals surface area contributed by atoms with E-state index in [9.17, 15) is 15.3 Å². The van der Waals surface area contributed by atoms with Gasteiger partial charge in [0, 0.05) is 12.5 Å². The van der Waals surface area contributed by atoms with E-state index in [1.807, 2.05) is 6.92 Å². The Morgan fingerprint density at radius 1 is 0.900 bits per heavy atom. The van der Waals surface area contributed by atoms with Crippen LogP contribution in [0.15, 0.2) is 61.2 Å². The standard InChI is InChI=1S/C24H22N2O4/c1-3-24(27)30-15-5-14-29-21-12-8-19(9-13-21)23(17-26)22(16-25)18-6-10-20(11-7-18)28-4-2/h3,6-13H,1,4-5,14-15H2,2H3/b23-22+. The van der Waals surface area contributed by atoms with Crippen LogP contribution in [0, 0.1) is 22.7 Å². The normalized spacial score (nSPS) is 10.8. The number of hydrogen-bond acceptors (Lipinski definition) is 6. The third-order valence-corrected chi connectivity index (χ3v) is 4.04. The van der Waals surface area contributed by atoms with Gasteiger partial charge in [-0.2, -0.15) is 10.5 Å². The summed E-state index contributed by atoms with van der Waals surface area (Å²) in [6.07, 6.45) is 1.66. The molecule has 0 unspecified atom stereocenters. The van der Waals surface area contributed by atoms with Crippen LogP contribution in [0.1, 0.15) is 24.5 Å². The number of benzene rings is 2. The van der Waals surface area contributed by atoms with Crippen molar-refractivity contribution in [2.75, 3.05) is 19.8 Å². The second-order valence-electron chi connectivity index (χ2n) is 6.03. The fourth-order valence-corrected chi connectivity index (χ4v) is 2.61. The molecule has 0 aliphatic carbocycles. The van der Waals surface area contributed by atoms with Gasteiger partial charge in [-0.1, -0.05) is 6.58 Å². The largest absolute Gasteiger partial charge is 0.494 e. The molecular formula is C24H22N2O4. The third-order valence-electron chi connectivity index (χ3n) is 4.04. The second kappa shape index (κ2) is 11.7. The number of ether oxygens (including phenoxy) is 3. The van der Waals surface area contributed by atoms with Gasteiger partial charge in [-0.25, -0.2) is 4.79 Å². The SMILES string of the molecule is C=CC(=O)OCCCOc1ccc(/C(C#N)=C(\C#N)c2ccc(OCC)cc2)cc1. The Morgan fingerprint density at radius 2 is 1.40 bits per heavy atom. The molecule has 0 atom stereocenters. The fraction of sp³-hybridized carbons (Fsp3) is 0.208. The minimum Gasteiger partial charge on any atom is -0.494 e. The minimum atomic E-state index is -0.462. The average molecular weight is 402 g/mol. The lowest BCUT2D eigenvalue weighted by Gasteiger charge is -2.09. The van der Waals surface area contributed by atoms with Crippen molar-refractivity contribution in [1.82, 2.24) is 0 Å². The number of carbonyl (C=O) groups excluding carboxylic acids is 1. The molecule has 152 valence electrons. The highest BCUT2D eigenvalue weighted by molar-refractivity contribution is 6.02. The summed E-state index contributed by atoms with van der Waals surface area (Å²) in [4.78, 5) is 11.0. The van der Waals surface area contributed by atoms with E-state index in [2.05, 4.69) is 18.7 Å². The molecule has 0 spiro atoms. The molecule has 0 N–H and O–H groups in total. The predicted octanol–water partition coefficient (Wildman–Crippen LogP) is 4.54. The zero-order valence-corrected chi connectivity index (χ0v) is 16.8. The molecule has 0 heterocycles. The maximum absolute atomic E-state index is 11.0. The summed E-state index contributed by atoms with van der Waals surface area (Å²) in [5, 5.41) is 19.3. The van der Waals surface area contributed by atoms with Gasteiger partial charge in [0.25, 0.3) is 0 Å². The molecule has 0 saturated heterocycles. The van der Waals surface area contributed by atoms with Crippen molar-refractivity contribution in [2.45, 2.75) is 13.3 Å². The molecule has 30 heavy (non-hydrogen) atoms. The summed E-state index contributed by atoms with van der Waals surface area (Å²) in [6, 6.07) is 18.3. The van der Waals surface area contributed by atoms with Crippen molar-refractivity contribution in [2.24, 2.45) is 0 Å². The molecule has 0 radical (unpaired) electrons. The Balaban J connectivity index is 2.09. The van der Waals surface area contributed by atoms with Crippen molar-refractivity contribution < 1.29 is 19.0 Å². The van der Waals surface area contributed by atoms with E-state index < -0.39 is 5.97 Å². The topological polar surface area (TPSA) is 92.3 Å². The van der Waals surface area contributed by atoms with Crippen LogP contribution < -0.4 is 9.47 Å². The Kier molecular flexibility index (Phi) is 8.71. The number of nitriles is 2. The van der Waals surface area contributed by atoms with E-state index in [-0.39, 0.29) is 12.2 Å². The third kappa shape index (κ3) is 6.25. The molecular weight excluding hydrogens is 380 g/mol. The van der Waals surface area contributed by atoms with Crippen molar-refractivity contribution in [3.63, 3.8) is 0 Å². The zero-order chi connectivity index (χ0) is 21.8. The zero-order valence-electron chi connectivity index (χ0n) is 16.8. The maximum Gasteiger partial charge on any atom is 0.330 e. The molecule has 6 nitrogen and oxygen atoms in total. The number of rotatable bonds is 10. The Labute approximate surface area is 176 Å². The highest BCUT2D eigenvalue weighted by Gasteiger charge is 2.12. The van der Waals surface area contributed by atoms with Crippen LogP contribution in [0.3, 0.4) is 0 Å². The molecule has 0 fully saturated rings. The minimum absolute atomic E-state index is 0.248. The molecule has 6 heteroatoms. The fourth-order valence-electron chi connectivity index (χ4n) is 2.61. The van der Waals surface area contributed by atoms with Crippen molar-refractivity contribution in [1.29, 1.82) is 10.5 Å². The first-order valence-electron chi connectivity index (χ1n) is 9.43. The van der Waals surface area contributed by atoms with E-state index in [4.69, 9.17) is 14.2 Å². The lowest BCUT2D eigenvalue weighted by Crippen LogP contribution is -2.06. The molecule has 0 saturated carbocycles. The van der Waals surface area contributed by atoms with Crippen LogP contribution in [0.25, 0.3) is 11.1 Å². The number of allylic oxidation sites excluding steroid dienone is 2. The smallest absolute Gasteiger partial charge is 0.330 e. The predicted molar refractivity (Wildman–Crippen MR) is 113 cm³/mol. The van der Waals surface area contributed by atoms with E-state index in [0.717, 1.165) is 6.08 Å². The number of hydrogen-bond donors (Lipinski definition) is 0. The monoisotopic (exact) mass is 402 g/mol. The lowest BCUT2D eigenvalue weighted by molar-refractivity contribution is -0.137. The van der Waals surface area contributed by atoms with Gasteiger partial charge in [-0.15, -0.1) is 0 Å². The Hall–Kier alpha value is -4.03. The highest BCUT2D eigenvalue weighted by atomic mass is 16.5. The van der Waals surface area contributed by atoms with E-state index in [1.54, 1.807) is 48.5 Å². The van der Waals surface area contributed by atoms with Crippen molar-refractivity contribution >= 4 is 17.1 Å². The van der Waals surface area contributed by atoms with Crippen LogP contribution in [-0.4, -0.2) is 25.8 Å². The van der Waals surface area contributed by atoms with E-state index >= 15 is 0 Å². The van der Waals surface area contributed by atoms with Crippen LogP contribution in [0.5, 0.6) is 11.5 Å². The molecule has 0 aliphatic heterocycles. The van der Waals surface area contributed by atoms with E-state index in [0.29, 0.717) is 47.8 Å². The quantitative estimate of drug-likeness (QED) is 0.190. The second-order valence-corrected chi connectivity index (χ2v) is 6.03. The molecule has 0 aliphatic rings. The van der Waals surface area contributed by atoms with Gasteiger partial charge in [0.1, 0.15) is 23.6 Å². The maximum atomic E-state index is 11.0. The van der Waals surface area contributed by atoms with Gasteiger partial charge >= 0.3 is 5.97 Å². The van der Waals surface area contributed by atoms with Gasteiger partial charge in [0.05, 0.1) is 31.0 Å². The van der Waals surface area contributed by atoms with Crippen LogP contribution in [0.4, 0.5) is 0 Å². The highest BCUT2D eigenvalue weighted by Crippen LogP contribution is 2.28. The first-order valence-corrected chi connectivity index (χ1v) is 9.43. The number of carbonyl (C=O) groups is 1. The Morgan fingerprint density at radius 3 is 1.83 bits per heavy atom. The first-order chi connectivity index (χ1) is 14.6. The molecule has 2 aromatic rings. The summed E-state index contributed by atoms with van der Waals surface area (Å²) in [6.45, 7) is 6.40. The van der Waals surface area contributed by atoms with Crippen molar-refractivity contribution in [3.8, 4) is 23.6 Å². The molecule has 2 rings (SSSR count). The summed E-state index contributed by atoms with van der Waals surface area (Å²) in [5.41, 5.74) is 1.84. The Bertz CT molecular complexity index is 978. The van der Waals surface area contributed by atoms with Crippen LogP contribution in [0.2, 0.25) is 0 Å². The van der Waals surface area contributed by atoms with Crippen LogP contribution in [-0.2, 0) is 9.53 Å². The summed E-state index contributed by atoms with van der Waals surface area (Å²) >= 11 is 0. The first kappa shape index (κ1) is 22.3. The molecule has 0 amide bonds. The number of esters is 1. The lowest BCUT2D eigenvalue weighted by atomic mass is 9.96. The molecule has 0 aromatic heterocycles. The van der Waals surface area contributed by atoms with Gasteiger partial charge in [0.15, 0.2) is 0 Å². The average Bonchev–Trinajstić information content (AvgIpc) is 2.78. The van der Waals surface area contributed by atoms with Gasteiger partial charge in [-0.05, 0) is 66.6 Å².